The second-order valence-corrected chi connectivity index (χ2v) is 8.45. The SMILES string of the molecule is CN1CCN(CC2=C(c3ccc(Cl)cc3)CCC(C)(C)C2)CC1. The van der Waals surface area contributed by atoms with E-state index in [1.165, 1.54) is 51.0 Å². The van der Waals surface area contributed by atoms with Crippen LogP contribution in [0.3, 0.4) is 0 Å². The lowest BCUT2D eigenvalue weighted by atomic mass is 9.73. The fourth-order valence-corrected chi connectivity index (χ4v) is 3.97. The van der Waals surface area contributed by atoms with Crippen molar-refractivity contribution in [1.82, 2.24) is 9.80 Å². The molecule has 1 aromatic rings. The molecule has 23 heavy (non-hydrogen) atoms. The molecule has 126 valence electrons. The second-order valence-electron chi connectivity index (χ2n) is 8.01. The van der Waals surface area contributed by atoms with E-state index >= 15 is 0 Å². The molecule has 1 heterocycles. The van der Waals surface area contributed by atoms with Gasteiger partial charge in [0.25, 0.3) is 0 Å². The van der Waals surface area contributed by atoms with Gasteiger partial charge < -0.3 is 4.90 Å². The summed E-state index contributed by atoms with van der Waals surface area (Å²) < 4.78 is 0. The van der Waals surface area contributed by atoms with Crippen LogP contribution in [-0.4, -0.2) is 49.6 Å². The molecule has 0 atom stereocenters. The minimum Gasteiger partial charge on any atom is -0.304 e. The van der Waals surface area contributed by atoms with Crippen molar-refractivity contribution in [1.29, 1.82) is 0 Å². The normalized spacial score (nSPS) is 23.3. The Morgan fingerprint density at radius 1 is 1.04 bits per heavy atom. The Bertz CT molecular complexity index is 566. The first-order valence-electron chi connectivity index (χ1n) is 8.81. The van der Waals surface area contributed by atoms with E-state index in [2.05, 4.69) is 42.8 Å². The lowest BCUT2D eigenvalue weighted by molar-refractivity contribution is 0.159. The van der Waals surface area contributed by atoms with Crippen LogP contribution in [0.5, 0.6) is 0 Å². The first-order chi connectivity index (χ1) is 10.9. The molecule has 1 saturated heterocycles. The highest BCUT2D eigenvalue weighted by atomic mass is 35.5. The lowest BCUT2D eigenvalue weighted by Gasteiger charge is -2.38. The third-order valence-electron chi connectivity index (χ3n) is 5.37. The topological polar surface area (TPSA) is 6.48 Å². The Morgan fingerprint density at radius 2 is 1.70 bits per heavy atom. The number of benzene rings is 1. The van der Waals surface area contributed by atoms with Crippen LogP contribution >= 0.6 is 11.6 Å². The summed E-state index contributed by atoms with van der Waals surface area (Å²) in [4.78, 5) is 5.06. The van der Waals surface area contributed by atoms with Crippen molar-refractivity contribution < 1.29 is 0 Å². The lowest BCUT2D eigenvalue weighted by Crippen LogP contribution is -2.45. The molecule has 0 spiro atoms. The summed E-state index contributed by atoms with van der Waals surface area (Å²) in [5.41, 5.74) is 5.01. The molecule has 2 aliphatic rings. The fraction of sp³-hybridized carbons (Fsp3) is 0.600. The number of piperazine rings is 1. The van der Waals surface area contributed by atoms with Gasteiger partial charge in [-0.05, 0) is 55.0 Å². The number of rotatable bonds is 3. The molecular weight excluding hydrogens is 304 g/mol. The van der Waals surface area contributed by atoms with Crippen LogP contribution in [0.2, 0.25) is 5.02 Å². The van der Waals surface area contributed by atoms with Crippen molar-refractivity contribution in [3.05, 3.63) is 40.4 Å². The van der Waals surface area contributed by atoms with Crippen molar-refractivity contribution in [2.75, 3.05) is 39.8 Å². The summed E-state index contributed by atoms with van der Waals surface area (Å²) in [6, 6.07) is 8.44. The summed E-state index contributed by atoms with van der Waals surface area (Å²) in [6.45, 7) is 10.7. The predicted molar refractivity (Wildman–Crippen MR) is 99.9 cm³/mol. The molecule has 3 rings (SSSR count). The van der Waals surface area contributed by atoms with E-state index in [-0.39, 0.29) is 0 Å². The van der Waals surface area contributed by atoms with Crippen LogP contribution in [0.15, 0.2) is 29.8 Å². The molecule has 1 aromatic carbocycles. The molecule has 3 heteroatoms. The zero-order valence-corrected chi connectivity index (χ0v) is 15.5. The summed E-state index contributed by atoms with van der Waals surface area (Å²) in [5, 5.41) is 0.825. The Balaban J connectivity index is 1.84. The van der Waals surface area contributed by atoms with Crippen molar-refractivity contribution in [3.8, 4) is 0 Å². The van der Waals surface area contributed by atoms with Gasteiger partial charge in [0.1, 0.15) is 0 Å². The maximum Gasteiger partial charge on any atom is 0.0406 e. The molecule has 1 aliphatic heterocycles. The summed E-state index contributed by atoms with van der Waals surface area (Å²) in [7, 11) is 2.22. The zero-order valence-electron chi connectivity index (χ0n) is 14.7. The molecule has 2 nitrogen and oxygen atoms in total. The molecule has 1 aliphatic carbocycles. The van der Waals surface area contributed by atoms with E-state index in [1.807, 2.05) is 12.1 Å². The molecule has 0 aromatic heterocycles. The van der Waals surface area contributed by atoms with Crippen molar-refractivity contribution >= 4 is 17.2 Å². The van der Waals surface area contributed by atoms with Crippen LogP contribution in [0, 0.1) is 5.41 Å². The molecule has 0 radical (unpaired) electrons. The standard InChI is InChI=1S/C20H29ClN2/c1-20(2)9-8-19(16-4-6-18(21)7-5-16)17(14-20)15-23-12-10-22(3)11-13-23/h4-7H,8-15H2,1-3H3. The van der Waals surface area contributed by atoms with E-state index in [0.29, 0.717) is 5.41 Å². The third kappa shape index (κ3) is 4.37. The van der Waals surface area contributed by atoms with E-state index < -0.39 is 0 Å². The van der Waals surface area contributed by atoms with Crippen molar-refractivity contribution in [2.24, 2.45) is 5.41 Å². The summed E-state index contributed by atoms with van der Waals surface area (Å²) in [5.74, 6) is 0. The Hall–Kier alpha value is -0.830. The monoisotopic (exact) mass is 332 g/mol. The minimum atomic E-state index is 0.428. The first-order valence-corrected chi connectivity index (χ1v) is 9.18. The largest absolute Gasteiger partial charge is 0.304 e. The van der Waals surface area contributed by atoms with Crippen LogP contribution < -0.4 is 0 Å². The third-order valence-corrected chi connectivity index (χ3v) is 5.63. The van der Waals surface area contributed by atoms with Gasteiger partial charge in [0, 0.05) is 37.7 Å². The number of hydrogen-bond acceptors (Lipinski definition) is 2. The van der Waals surface area contributed by atoms with Gasteiger partial charge in [0.05, 0.1) is 0 Å². The Kier molecular flexibility index (Phi) is 5.15. The van der Waals surface area contributed by atoms with Gasteiger partial charge in [-0.3, -0.25) is 4.90 Å². The minimum absolute atomic E-state index is 0.428. The van der Waals surface area contributed by atoms with Gasteiger partial charge in [0.15, 0.2) is 0 Å². The highest BCUT2D eigenvalue weighted by Gasteiger charge is 2.29. The average Bonchev–Trinajstić information content (AvgIpc) is 2.50. The molecule has 0 saturated carbocycles. The number of likely N-dealkylation sites (N-methyl/N-ethyl adjacent to an activating group) is 1. The number of hydrogen-bond donors (Lipinski definition) is 0. The second kappa shape index (κ2) is 6.96. The van der Waals surface area contributed by atoms with Crippen LogP contribution in [0.25, 0.3) is 5.57 Å². The maximum absolute atomic E-state index is 6.07. The number of halogens is 1. The van der Waals surface area contributed by atoms with Crippen LogP contribution in [0.4, 0.5) is 0 Å². The van der Waals surface area contributed by atoms with Gasteiger partial charge in [-0.1, -0.05) is 43.2 Å². The molecule has 0 amide bonds. The van der Waals surface area contributed by atoms with E-state index in [9.17, 15) is 0 Å². The Labute approximate surface area is 146 Å². The number of nitrogens with zero attached hydrogens (tertiary/aromatic N) is 2. The van der Waals surface area contributed by atoms with Gasteiger partial charge in [-0.15, -0.1) is 0 Å². The van der Waals surface area contributed by atoms with Gasteiger partial charge in [0.2, 0.25) is 0 Å². The van der Waals surface area contributed by atoms with Gasteiger partial charge in [-0.25, -0.2) is 0 Å². The maximum atomic E-state index is 6.07. The van der Waals surface area contributed by atoms with Crippen molar-refractivity contribution in [2.45, 2.75) is 33.1 Å². The highest BCUT2D eigenvalue weighted by Crippen LogP contribution is 2.42. The van der Waals surface area contributed by atoms with Crippen molar-refractivity contribution in [3.63, 3.8) is 0 Å². The van der Waals surface area contributed by atoms with E-state index in [0.717, 1.165) is 11.6 Å². The van der Waals surface area contributed by atoms with Gasteiger partial charge >= 0.3 is 0 Å². The van der Waals surface area contributed by atoms with E-state index in [4.69, 9.17) is 11.6 Å². The van der Waals surface area contributed by atoms with E-state index in [1.54, 1.807) is 11.1 Å². The smallest absolute Gasteiger partial charge is 0.0406 e. The van der Waals surface area contributed by atoms with Gasteiger partial charge in [-0.2, -0.15) is 0 Å². The highest BCUT2D eigenvalue weighted by molar-refractivity contribution is 6.30. The predicted octanol–water partition coefficient (Wildman–Crippen LogP) is 4.55. The molecule has 0 bridgehead atoms. The first kappa shape index (κ1) is 17.0. The average molecular weight is 333 g/mol. The summed E-state index contributed by atoms with van der Waals surface area (Å²) in [6.07, 6.45) is 3.69. The quantitative estimate of drug-likeness (QED) is 0.801. The molecule has 0 unspecified atom stereocenters. The molecule has 0 N–H and O–H groups in total. The molecule has 1 fully saturated rings. The van der Waals surface area contributed by atoms with Crippen LogP contribution in [-0.2, 0) is 0 Å². The summed E-state index contributed by atoms with van der Waals surface area (Å²) >= 11 is 6.07. The zero-order chi connectivity index (χ0) is 16.4. The Morgan fingerprint density at radius 3 is 2.35 bits per heavy atom. The molecular formula is C20H29ClN2. The number of allylic oxidation sites excluding steroid dienone is 1. The fourth-order valence-electron chi connectivity index (χ4n) is 3.84. The van der Waals surface area contributed by atoms with Crippen LogP contribution in [0.1, 0.15) is 38.7 Å².